The molecule has 6 nitrogen and oxygen atoms in total. The average molecular weight is 355 g/mol. The molecule has 1 unspecified atom stereocenters. The van der Waals surface area contributed by atoms with Crippen LogP contribution in [0.15, 0.2) is 35.4 Å². The number of nitrogens with one attached hydrogen (secondary N) is 2. The van der Waals surface area contributed by atoms with Gasteiger partial charge in [-0.05, 0) is 31.9 Å². The zero-order chi connectivity index (χ0) is 17.8. The van der Waals surface area contributed by atoms with E-state index in [9.17, 15) is 4.79 Å². The summed E-state index contributed by atoms with van der Waals surface area (Å²) in [5.41, 5.74) is 1.41. The monoisotopic (exact) mass is 355 g/mol. The second-order valence-electron chi connectivity index (χ2n) is 5.76. The highest BCUT2D eigenvalue weighted by atomic mass is 32.1. The van der Waals surface area contributed by atoms with E-state index in [2.05, 4.69) is 39.1 Å². The van der Waals surface area contributed by atoms with E-state index in [1.807, 2.05) is 25.3 Å². The van der Waals surface area contributed by atoms with Gasteiger partial charge in [-0.1, -0.05) is 13.8 Å². The number of thiazole rings is 1. The number of aryl methyl sites for hydroxylation is 2. The molecule has 0 aliphatic carbocycles. The fourth-order valence-electron chi connectivity index (χ4n) is 2.41. The number of hydrogen-bond acceptors (Lipinski definition) is 6. The summed E-state index contributed by atoms with van der Waals surface area (Å²) in [6, 6.07) is 5.40. The van der Waals surface area contributed by atoms with E-state index >= 15 is 0 Å². The highest BCUT2D eigenvalue weighted by Crippen LogP contribution is 2.24. The zero-order valence-corrected chi connectivity index (χ0v) is 15.4. The Kier molecular flexibility index (Phi) is 5.23. The van der Waals surface area contributed by atoms with Gasteiger partial charge in [-0.3, -0.25) is 4.79 Å². The first-order valence-corrected chi connectivity index (χ1v) is 9.18. The Balaban J connectivity index is 1.76. The molecule has 0 aliphatic heterocycles. The molecule has 0 saturated heterocycles. The molecule has 3 heterocycles. The number of anilines is 1. The van der Waals surface area contributed by atoms with Crippen molar-refractivity contribution in [2.75, 3.05) is 5.32 Å². The van der Waals surface area contributed by atoms with Crippen molar-refractivity contribution in [1.82, 2.24) is 19.9 Å². The maximum absolute atomic E-state index is 11.7. The Morgan fingerprint density at radius 1 is 1.20 bits per heavy atom. The van der Waals surface area contributed by atoms with Gasteiger partial charge in [0.25, 0.3) is 5.56 Å². The van der Waals surface area contributed by atoms with Gasteiger partial charge in [0.2, 0.25) is 0 Å². The predicted molar refractivity (Wildman–Crippen MR) is 101 cm³/mol. The molecule has 1 atom stereocenters. The van der Waals surface area contributed by atoms with Crippen LogP contribution in [0.25, 0.3) is 11.4 Å². The minimum atomic E-state index is -0.145. The molecule has 0 spiro atoms. The van der Waals surface area contributed by atoms with E-state index in [1.54, 1.807) is 17.5 Å². The first kappa shape index (κ1) is 17.3. The van der Waals surface area contributed by atoms with Gasteiger partial charge in [-0.2, -0.15) is 0 Å². The molecule has 3 rings (SSSR count). The van der Waals surface area contributed by atoms with Gasteiger partial charge >= 0.3 is 0 Å². The Morgan fingerprint density at radius 2 is 2.04 bits per heavy atom. The molecule has 25 heavy (non-hydrogen) atoms. The van der Waals surface area contributed by atoms with Crippen LogP contribution in [0.2, 0.25) is 0 Å². The van der Waals surface area contributed by atoms with Crippen molar-refractivity contribution in [2.45, 2.75) is 39.7 Å². The van der Waals surface area contributed by atoms with E-state index in [-0.39, 0.29) is 11.6 Å². The van der Waals surface area contributed by atoms with Crippen molar-refractivity contribution in [1.29, 1.82) is 0 Å². The van der Waals surface area contributed by atoms with Crippen LogP contribution in [-0.2, 0) is 12.8 Å². The Bertz CT molecular complexity index is 900. The topological polar surface area (TPSA) is 83.6 Å². The molecular formula is C18H21N5OS. The van der Waals surface area contributed by atoms with E-state index in [0.717, 1.165) is 34.9 Å². The maximum atomic E-state index is 11.7. The number of aromatic amines is 1. The van der Waals surface area contributed by atoms with Crippen LogP contribution in [-0.4, -0.2) is 19.9 Å². The summed E-state index contributed by atoms with van der Waals surface area (Å²) in [6.07, 6.45) is 5.36. The molecule has 7 heteroatoms. The normalized spacial score (nSPS) is 12.1. The van der Waals surface area contributed by atoms with Gasteiger partial charge in [-0.15, -0.1) is 11.3 Å². The highest BCUT2D eigenvalue weighted by molar-refractivity contribution is 7.11. The molecule has 0 fully saturated rings. The summed E-state index contributed by atoms with van der Waals surface area (Å²) in [5.74, 6) is 1.31. The second-order valence-corrected chi connectivity index (χ2v) is 6.90. The summed E-state index contributed by atoms with van der Waals surface area (Å²) in [4.78, 5) is 29.1. The van der Waals surface area contributed by atoms with Crippen molar-refractivity contribution in [3.8, 4) is 11.4 Å². The second kappa shape index (κ2) is 7.57. The lowest BCUT2D eigenvalue weighted by Gasteiger charge is -2.12. The number of nitrogens with zero attached hydrogens (tertiary/aromatic N) is 3. The van der Waals surface area contributed by atoms with Gasteiger partial charge < -0.3 is 10.3 Å². The van der Waals surface area contributed by atoms with Crippen LogP contribution in [0.4, 0.5) is 5.82 Å². The summed E-state index contributed by atoms with van der Waals surface area (Å²) in [7, 11) is 0. The quantitative estimate of drug-likeness (QED) is 0.706. The number of hydrogen-bond donors (Lipinski definition) is 2. The molecular weight excluding hydrogens is 334 g/mol. The van der Waals surface area contributed by atoms with E-state index in [0.29, 0.717) is 5.82 Å². The molecule has 0 saturated carbocycles. The smallest absolute Gasteiger partial charge is 0.251 e. The maximum Gasteiger partial charge on any atom is 0.251 e. The Morgan fingerprint density at radius 3 is 2.68 bits per heavy atom. The first-order chi connectivity index (χ1) is 12.1. The highest BCUT2D eigenvalue weighted by Gasteiger charge is 2.11. The molecule has 2 N–H and O–H groups in total. The molecule has 0 aromatic carbocycles. The Hall–Kier alpha value is -2.54. The SMILES string of the molecule is CCc1cc(=O)[nH]c(-c2ccc(NC(C)c3ncc(CC)s3)nc2)n1. The zero-order valence-electron chi connectivity index (χ0n) is 14.5. The van der Waals surface area contributed by atoms with Crippen LogP contribution < -0.4 is 10.9 Å². The van der Waals surface area contributed by atoms with Gasteiger partial charge in [0, 0.05) is 34.6 Å². The predicted octanol–water partition coefficient (Wildman–Crippen LogP) is 3.59. The molecule has 0 bridgehead atoms. The van der Waals surface area contributed by atoms with Crippen molar-refractivity contribution in [2.24, 2.45) is 0 Å². The van der Waals surface area contributed by atoms with Gasteiger partial charge in [0.05, 0.1) is 6.04 Å². The molecule has 0 radical (unpaired) electrons. The number of aromatic nitrogens is 4. The van der Waals surface area contributed by atoms with Gasteiger partial charge in [-0.25, -0.2) is 15.0 Å². The molecule has 130 valence electrons. The Labute approximate surface area is 150 Å². The van der Waals surface area contributed by atoms with Crippen LogP contribution in [0.5, 0.6) is 0 Å². The molecule has 3 aromatic heterocycles. The molecule has 0 amide bonds. The van der Waals surface area contributed by atoms with E-state index < -0.39 is 0 Å². The summed E-state index contributed by atoms with van der Waals surface area (Å²) in [6.45, 7) is 6.17. The fourth-order valence-corrected chi connectivity index (χ4v) is 3.27. The third-order valence-corrected chi connectivity index (χ3v) is 5.17. The van der Waals surface area contributed by atoms with E-state index in [1.165, 1.54) is 10.9 Å². The summed E-state index contributed by atoms with van der Waals surface area (Å²) in [5, 5.41) is 4.40. The lowest BCUT2D eigenvalue weighted by atomic mass is 10.2. The van der Waals surface area contributed by atoms with Crippen molar-refractivity contribution >= 4 is 17.2 Å². The fraction of sp³-hybridized carbons (Fsp3) is 0.333. The summed E-state index contributed by atoms with van der Waals surface area (Å²) >= 11 is 1.71. The third kappa shape index (κ3) is 4.11. The molecule has 0 aliphatic rings. The molecule has 3 aromatic rings. The third-order valence-electron chi connectivity index (χ3n) is 3.85. The minimum Gasteiger partial charge on any atom is -0.361 e. The van der Waals surface area contributed by atoms with E-state index in [4.69, 9.17) is 0 Å². The van der Waals surface area contributed by atoms with Gasteiger partial charge in [0.15, 0.2) is 0 Å². The van der Waals surface area contributed by atoms with Crippen molar-refractivity contribution in [3.63, 3.8) is 0 Å². The van der Waals surface area contributed by atoms with Crippen LogP contribution in [0.3, 0.4) is 0 Å². The minimum absolute atomic E-state index is 0.0880. The van der Waals surface area contributed by atoms with Crippen LogP contribution >= 0.6 is 11.3 Å². The first-order valence-electron chi connectivity index (χ1n) is 8.36. The number of rotatable bonds is 6. The standard InChI is InChI=1S/C18H21N5OS/c1-4-13-8-16(24)23-17(22-13)12-6-7-15(19-9-12)21-11(3)18-20-10-14(5-2)25-18/h6-11H,4-5H2,1-3H3,(H,19,21)(H,22,23,24). The number of H-pyrrole nitrogens is 1. The van der Waals surface area contributed by atoms with Gasteiger partial charge in [0.1, 0.15) is 16.6 Å². The van der Waals surface area contributed by atoms with Crippen LogP contribution in [0.1, 0.15) is 42.4 Å². The lowest BCUT2D eigenvalue weighted by Crippen LogP contribution is -2.10. The largest absolute Gasteiger partial charge is 0.361 e. The summed E-state index contributed by atoms with van der Waals surface area (Å²) < 4.78 is 0. The average Bonchev–Trinajstić information content (AvgIpc) is 3.11. The lowest BCUT2D eigenvalue weighted by molar-refractivity contribution is 0.860. The van der Waals surface area contributed by atoms with Crippen LogP contribution in [0, 0.1) is 0 Å². The number of pyridine rings is 1. The van der Waals surface area contributed by atoms with Crippen molar-refractivity contribution in [3.05, 3.63) is 56.5 Å². The van der Waals surface area contributed by atoms with Crippen molar-refractivity contribution < 1.29 is 0 Å².